The van der Waals surface area contributed by atoms with Crippen LogP contribution in [0.2, 0.25) is 0 Å². The number of hydrogen-bond acceptors (Lipinski definition) is 2. The molecular weight excluding hydrogens is 166 g/mol. The second kappa shape index (κ2) is 31.3. The Morgan fingerprint density at radius 2 is 1.83 bits per heavy atom. The van der Waals surface area contributed by atoms with Crippen molar-refractivity contribution < 1.29 is 0 Å². The minimum Gasteiger partial charge on any atom is -0.228 e. The SMILES string of the molecule is C=CCC.C=NS/C=C\C.CC. The molecule has 0 bridgehead atoms. The highest BCUT2D eigenvalue weighted by atomic mass is 32.2. The molecule has 0 fully saturated rings. The van der Waals surface area contributed by atoms with Crippen LogP contribution in [0.25, 0.3) is 0 Å². The second-order valence-corrected chi connectivity index (χ2v) is 2.14. The third-order valence-corrected chi connectivity index (χ3v) is 1.10. The van der Waals surface area contributed by atoms with Crippen LogP contribution in [0.5, 0.6) is 0 Å². The first-order valence-electron chi connectivity index (χ1n) is 4.17. The average Bonchev–Trinajstić information content (AvgIpc) is 2.18. The Balaban J connectivity index is -0.000000118. The monoisotopic (exact) mass is 187 g/mol. The third-order valence-electron chi connectivity index (χ3n) is 0.560. The molecular formula is C10H21NS. The molecule has 0 rings (SSSR count). The van der Waals surface area contributed by atoms with Crippen LogP contribution in [0, 0.1) is 0 Å². The molecule has 0 heterocycles. The van der Waals surface area contributed by atoms with Gasteiger partial charge in [-0.2, -0.15) is 0 Å². The van der Waals surface area contributed by atoms with Crippen molar-refractivity contribution in [1.82, 2.24) is 0 Å². The lowest BCUT2D eigenvalue weighted by atomic mass is 10.5. The van der Waals surface area contributed by atoms with E-state index < -0.39 is 0 Å². The average molecular weight is 187 g/mol. The van der Waals surface area contributed by atoms with Crippen LogP contribution in [-0.2, 0) is 0 Å². The molecule has 0 saturated carbocycles. The van der Waals surface area contributed by atoms with Gasteiger partial charge in [-0.25, -0.2) is 4.40 Å². The molecule has 0 spiro atoms. The maximum atomic E-state index is 3.51. The highest BCUT2D eigenvalue weighted by Crippen LogP contribution is 1.98. The van der Waals surface area contributed by atoms with E-state index in [-0.39, 0.29) is 0 Å². The van der Waals surface area contributed by atoms with Crippen molar-refractivity contribution in [3.05, 3.63) is 24.1 Å². The minimum atomic E-state index is 1.08. The van der Waals surface area contributed by atoms with Crippen LogP contribution in [0.4, 0.5) is 0 Å². The summed E-state index contributed by atoms with van der Waals surface area (Å²) < 4.78 is 3.51. The Morgan fingerprint density at radius 3 is 1.92 bits per heavy atom. The van der Waals surface area contributed by atoms with Gasteiger partial charge in [0.1, 0.15) is 0 Å². The summed E-state index contributed by atoms with van der Waals surface area (Å²) in [7, 11) is 0. The normalized spacial score (nSPS) is 7.33. The van der Waals surface area contributed by atoms with Crippen LogP contribution in [0.3, 0.4) is 0 Å². The Kier molecular flexibility index (Phi) is 45.8. The molecule has 2 heteroatoms. The molecule has 0 aromatic heterocycles. The van der Waals surface area contributed by atoms with Gasteiger partial charge in [-0.3, -0.25) is 0 Å². The molecule has 0 N–H and O–H groups in total. The summed E-state index contributed by atoms with van der Waals surface area (Å²) >= 11 is 1.34. The van der Waals surface area contributed by atoms with Crippen LogP contribution < -0.4 is 0 Å². The fraction of sp³-hybridized carbons (Fsp3) is 0.500. The zero-order chi connectivity index (χ0) is 10.2. The topological polar surface area (TPSA) is 12.4 Å². The molecule has 1 nitrogen and oxygen atoms in total. The fourth-order valence-electron chi connectivity index (χ4n) is 0.104. The van der Waals surface area contributed by atoms with Gasteiger partial charge < -0.3 is 0 Å². The van der Waals surface area contributed by atoms with Crippen molar-refractivity contribution >= 4 is 18.7 Å². The molecule has 12 heavy (non-hydrogen) atoms. The first kappa shape index (κ1) is 17.5. The van der Waals surface area contributed by atoms with Gasteiger partial charge in [0, 0.05) is 11.9 Å². The van der Waals surface area contributed by atoms with Gasteiger partial charge in [0.2, 0.25) is 0 Å². The van der Waals surface area contributed by atoms with Crippen molar-refractivity contribution in [2.24, 2.45) is 4.40 Å². The molecule has 0 aliphatic carbocycles. The maximum Gasteiger partial charge on any atom is 0.00114 e. The van der Waals surface area contributed by atoms with Gasteiger partial charge in [-0.1, -0.05) is 32.9 Å². The molecule has 0 aliphatic rings. The highest BCUT2D eigenvalue weighted by molar-refractivity contribution is 8.00. The molecule has 0 radical (unpaired) electrons. The van der Waals surface area contributed by atoms with Gasteiger partial charge in [-0.15, -0.1) is 6.58 Å². The molecule has 0 saturated heterocycles. The Morgan fingerprint density at radius 1 is 1.42 bits per heavy atom. The van der Waals surface area contributed by atoms with E-state index in [4.69, 9.17) is 0 Å². The van der Waals surface area contributed by atoms with Crippen molar-refractivity contribution in [2.75, 3.05) is 0 Å². The zero-order valence-corrected chi connectivity index (χ0v) is 9.53. The summed E-state index contributed by atoms with van der Waals surface area (Å²) in [4.78, 5) is 0. The van der Waals surface area contributed by atoms with E-state index in [2.05, 4.69) is 24.6 Å². The predicted octanol–water partition coefficient (Wildman–Crippen LogP) is 4.48. The van der Waals surface area contributed by atoms with E-state index in [1.54, 1.807) is 0 Å². The van der Waals surface area contributed by atoms with E-state index in [9.17, 15) is 0 Å². The number of allylic oxidation sites excluding steroid dienone is 2. The highest BCUT2D eigenvalue weighted by Gasteiger charge is 1.58. The van der Waals surface area contributed by atoms with Crippen LogP contribution in [-0.4, -0.2) is 6.72 Å². The molecule has 0 unspecified atom stereocenters. The van der Waals surface area contributed by atoms with Crippen molar-refractivity contribution in [1.29, 1.82) is 0 Å². The fourth-order valence-corrected chi connectivity index (χ4v) is 0.312. The summed E-state index contributed by atoms with van der Waals surface area (Å²) in [5.41, 5.74) is 0. The van der Waals surface area contributed by atoms with Crippen molar-refractivity contribution in [3.8, 4) is 0 Å². The largest absolute Gasteiger partial charge is 0.228 e. The van der Waals surface area contributed by atoms with E-state index in [0.717, 1.165) is 6.42 Å². The van der Waals surface area contributed by atoms with Gasteiger partial charge in [0.25, 0.3) is 0 Å². The Hall–Kier alpha value is -0.500. The number of rotatable bonds is 3. The summed E-state index contributed by atoms with van der Waals surface area (Å²) in [5.74, 6) is 0. The van der Waals surface area contributed by atoms with Gasteiger partial charge in [0.05, 0.1) is 0 Å². The Bertz CT molecular complexity index is 98.0. The quantitative estimate of drug-likeness (QED) is 0.360. The lowest BCUT2D eigenvalue weighted by Gasteiger charge is -1.69. The van der Waals surface area contributed by atoms with Gasteiger partial charge in [-0.05, 0) is 25.5 Å². The van der Waals surface area contributed by atoms with Gasteiger partial charge >= 0.3 is 0 Å². The zero-order valence-electron chi connectivity index (χ0n) is 8.71. The number of hydrogen-bond donors (Lipinski definition) is 0. The van der Waals surface area contributed by atoms with Crippen LogP contribution in [0.15, 0.2) is 28.5 Å². The lowest BCUT2D eigenvalue weighted by Crippen LogP contribution is -1.36. The third kappa shape index (κ3) is 56.0. The van der Waals surface area contributed by atoms with Crippen molar-refractivity contribution in [3.63, 3.8) is 0 Å². The molecule has 0 aromatic carbocycles. The molecule has 72 valence electrons. The van der Waals surface area contributed by atoms with Crippen LogP contribution >= 0.6 is 11.9 Å². The molecule has 0 aliphatic heterocycles. The minimum absolute atomic E-state index is 1.08. The summed E-state index contributed by atoms with van der Waals surface area (Å²) in [6.45, 7) is 14.7. The molecule has 0 atom stereocenters. The van der Waals surface area contributed by atoms with E-state index in [0.29, 0.717) is 0 Å². The Labute approximate surface area is 81.8 Å². The molecule has 0 amide bonds. The van der Waals surface area contributed by atoms with E-state index in [1.807, 2.05) is 38.3 Å². The smallest absolute Gasteiger partial charge is 0.00114 e. The van der Waals surface area contributed by atoms with Crippen molar-refractivity contribution in [2.45, 2.75) is 34.1 Å². The molecule has 0 aromatic rings. The van der Waals surface area contributed by atoms with E-state index in [1.165, 1.54) is 11.9 Å². The summed E-state index contributed by atoms with van der Waals surface area (Å²) in [6.07, 6.45) is 4.87. The number of nitrogens with zero attached hydrogens (tertiary/aromatic N) is 1. The van der Waals surface area contributed by atoms with Gasteiger partial charge in [0.15, 0.2) is 0 Å². The first-order valence-corrected chi connectivity index (χ1v) is 5.01. The standard InChI is InChI=1S/C4H7NS.C4H8.C2H6/c1-3-4-6-5-2;1-3-4-2;1-2/h3-4H,2H2,1H3;3H,1,4H2,2H3;1-2H3/b4-3-;;. The predicted molar refractivity (Wildman–Crippen MR) is 63.8 cm³/mol. The maximum absolute atomic E-state index is 3.51. The summed E-state index contributed by atoms with van der Waals surface area (Å²) in [5, 5.41) is 1.87. The van der Waals surface area contributed by atoms with Crippen LogP contribution in [0.1, 0.15) is 34.1 Å². The first-order chi connectivity index (χ1) is 5.83. The lowest BCUT2D eigenvalue weighted by molar-refractivity contribution is 1.23. The summed E-state index contributed by atoms with van der Waals surface area (Å²) in [6, 6.07) is 0. The van der Waals surface area contributed by atoms with E-state index >= 15 is 0 Å². The second-order valence-electron chi connectivity index (χ2n) is 1.40.